The smallest absolute Gasteiger partial charge is 0.408 e. The van der Waals surface area contributed by atoms with Crippen LogP contribution >= 0.6 is 0 Å². The summed E-state index contributed by atoms with van der Waals surface area (Å²) in [4.78, 5) is 44.7. The normalized spacial score (nSPS) is 23.1. The van der Waals surface area contributed by atoms with Crippen LogP contribution in [0.25, 0.3) is 5.52 Å². The number of hydrogen-bond acceptors (Lipinski definition) is 6. The third-order valence-corrected chi connectivity index (χ3v) is 6.85. The van der Waals surface area contributed by atoms with E-state index in [4.69, 9.17) is 4.74 Å². The first-order chi connectivity index (χ1) is 17.1. The molecule has 10 heteroatoms. The van der Waals surface area contributed by atoms with Crippen molar-refractivity contribution in [3.05, 3.63) is 36.4 Å². The summed E-state index contributed by atoms with van der Waals surface area (Å²) in [5, 5.41) is 15.3. The second kappa shape index (κ2) is 10.6. The Morgan fingerprint density at radius 2 is 1.94 bits per heavy atom. The maximum absolute atomic E-state index is 13.5. The Morgan fingerprint density at radius 1 is 1.19 bits per heavy atom. The van der Waals surface area contributed by atoms with E-state index in [1.807, 2.05) is 22.7 Å². The molecule has 10 nitrogen and oxygen atoms in total. The van der Waals surface area contributed by atoms with Crippen LogP contribution < -0.4 is 10.6 Å². The first kappa shape index (κ1) is 25.5. The molecule has 2 aromatic heterocycles. The highest BCUT2D eigenvalue weighted by Crippen LogP contribution is 2.30. The molecule has 1 aliphatic carbocycles. The molecule has 1 saturated heterocycles. The maximum Gasteiger partial charge on any atom is 0.408 e. The van der Waals surface area contributed by atoms with Crippen molar-refractivity contribution in [1.82, 2.24) is 24.9 Å². The van der Waals surface area contributed by atoms with Gasteiger partial charge >= 0.3 is 6.09 Å². The number of hydrogen-bond donors (Lipinski definition) is 2. The number of ether oxygens (including phenoxy) is 1. The molecule has 2 fully saturated rings. The molecule has 0 unspecified atom stereocenters. The minimum Gasteiger partial charge on any atom is -0.444 e. The van der Waals surface area contributed by atoms with E-state index < -0.39 is 23.8 Å². The number of nitrogens with one attached hydrogen (secondary N) is 2. The number of carbonyl (C=O) groups excluding carboxylic acids is 3. The molecule has 3 heterocycles. The third kappa shape index (κ3) is 5.96. The second-order valence-corrected chi connectivity index (χ2v) is 10.6. The molecule has 0 spiro atoms. The van der Waals surface area contributed by atoms with E-state index in [2.05, 4.69) is 21.7 Å². The Hall–Kier alpha value is -3.61. The van der Waals surface area contributed by atoms with Crippen molar-refractivity contribution in [3.63, 3.8) is 0 Å². The fourth-order valence-electron chi connectivity index (χ4n) is 5.08. The number of likely N-dealkylation sites (tertiary alicyclic amines) is 1. The molecule has 2 aromatic rings. The van der Waals surface area contributed by atoms with Crippen LogP contribution in [-0.4, -0.2) is 62.5 Å². The van der Waals surface area contributed by atoms with Gasteiger partial charge in [0, 0.05) is 24.3 Å². The van der Waals surface area contributed by atoms with Crippen molar-refractivity contribution in [2.24, 2.45) is 5.92 Å². The van der Waals surface area contributed by atoms with Crippen LogP contribution in [0.2, 0.25) is 0 Å². The predicted octanol–water partition coefficient (Wildman–Crippen LogP) is 3.03. The molecular formula is C26H34N6O4. The van der Waals surface area contributed by atoms with Crippen molar-refractivity contribution in [3.8, 4) is 6.07 Å². The van der Waals surface area contributed by atoms with Gasteiger partial charge in [0.1, 0.15) is 23.4 Å². The van der Waals surface area contributed by atoms with E-state index in [1.54, 1.807) is 38.1 Å². The SMILES string of the molecule is CC(C)(C)OC(=O)N[C@H](C(=O)N1CCC[C@H]1C#N)C1CCC(NC(=O)c2cc3cccn3cn2)CC1. The Morgan fingerprint density at radius 3 is 2.64 bits per heavy atom. The third-order valence-electron chi connectivity index (χ3n) is 6.85. The van der Waals surface area contributed by atoms with Crippen LogP contribution in [0, 0.1) is 17.2 Å². The molecule has 36 heavy (non-hydrogen) atoms. The van der Waals surface area contributed by atoms with E-state index in [9.17, 15) is 19.6 Å². The van der Waals surface area contributed by atoms with Gasteiger partial charge in [-0.1, -0.05) is 0 Å². The molecule has 3 amide bonds. The summed E-state index contributed by atoms with van der Waals surface area (Å²) in [5.74, 6) is -0.578. The van der Waals surface area contributed by atoms with E-state index in [0.717, 1.165) is 11.9 Å². The van der Waals surface area contributed by atoms with Crippen LogP contribution in [0.5, 0.6) is 0 Å². The number of nitrogens with zero attached hydrogens (tertiary/aromatic N) is 4. The van der Waals surface area contributed by atoms with Crippen molar-refractivity contribution < 1.29 is 19.1 Å². The van der Waals surface area contributed by atoms with E-state index in [-0.39, 0.29) is 23.8 Å². The summed E-state index contributed by atoms with van der Waals surface area (Å²) < 4.78 is 7.26. The zero-order chi connectivity index (χ0) is 25.9. The fraction of sp³-hybridized carbons (Fsp3) is 0.577. The molecule has 0 radical (unpaired) electrons. The topological polar surface area (TPSA) is 129 Å². The van der Waals surface area contributed by atoms with Gasteiger partial charge in [-0.15, -0.1) is 0 Å². The highest BCUT2D eigenvalue weighted by molar-refractivity contribution is 5.93. The molecule has 4 rings (SSSR count). The minimum atomic E-state index is -0.774. The van der Waals surface area contributed by atoms with Gasteiger partial charge in [-0.25, -0.2) is 9.78 Å². The van der Waals surface area contributed by atoms with E-state index in [1.165, 1.54) is 0 Å². The van der Waals surface area contributed by atoms with Crippen molar-refractivity contribution >= 4 is 23.4 Å². The Labute approximate surface area is 211 Å². The molecule has 0 aromatic carbocycles. The standard InChI is InChI=1S/C26H34N6O4/c1-26(2,3)36-25(35)30-22(24(34)32-13-5-7-20(32)15-27)17-8-10-18(11-9-17)29-23(33)21-14-19-6-4-12-31(19)16-28-21/h4,6,12,14,16-18,20,22H,5,7-11,13H2,1-3H3,(H,29,33)(H,30,35)/t17?,18?,20-,22-/m0/s1. The Balaban J connectivity index is 1.40. The Bertz CT molecular complexity index is 1160. The minimum absolute atomic E-state index is 0.0468. The lowest BCUT2D eigenvalue weighted by Crippen LogP contribution is -2.55. The van der Waals surface area contributed by atoms with E-state index in [0.29, 0.717) is 44.3 Å². The van der Waals surface area contributed by atoms with E-state index >= 15 is 0 Å². The average molecular weight is 495 g/mol. The molecule has 0 bridgehead atoms. The van der Waals surface area contributed by atoms with Gasteiger partial charge in [-0.05, 0) is 83.4 Å². The van der Waals surface area contributed by atoms with Crippen molar-refractivity contribution in [2.45, 2.75) is 83.0 Å². The van der Waals surface area contributed by atoms with Gasteiger partial charge in [-0.2, -0.15) is 5.26 Å². The molecule has 1 aliphatic heterocycles. The quantitative estimate of drug-likeness (QED) is 0.657. The molecule has 2 atom stereocenters. The number of amides is 3. The summed E-state index contributed by atoms with van der Waals surface area (Å²) >= 11 is 0. The van der Waals surface area contributed by atoms with Crippen LogP contribution in [0.4, 0.5) is 4.79 Å². The lowest BCUT2D eigenvalue weighted by Gasteiger charge is -2.36. The number of fused-ring (bicyclic) bond motifs is 1. The van der Waals surface area contributed by atoms with Crippen LogP contribution in [-0.2, 0) is 9.53 Å². The second-order valence-electron chi connectivity index (χ2n) is 10.6. The monoisotopic (exact) mass is 494 g/mol. The van der Waals surface area contributed by atoms with Crippen LogP contribution in [0.15, 0.2) is 30.7 Å². The molecule has 1 saturated carbocycles. The zero-order valence-corrected chi connectivity index (χ0v) is 21.1. The number of aromatic nitrogens is 2. The van der Waals surface area contributed by atoms with Gasteiger partial charge in [-0.3, -0.25) is 9.59 Å². The number of carbonyl (C=O) groups is 3. The lowest BCUT2D eigenvalue weighted by molar-refractivity contribution is -0.135. The Kier molecular flexibility index (Phi) is 7.48. The van der Waals surface area contributed by atoms with Crippen molar-refractivity contribution in [2.75, 3.05) is 6.54 Å². The predicted molar refractivity (Wildman–Crippen MR) is 132 cm³/mol. The average Bonchev–Trinajstić information content (AvgIpc) is 3.50. The summed E-state index contributed by atoms with van der Waals surface area (Å²) in [5.41, 5.74) is 0.561. The first-order valence-corrected chi connectivity index (χ1v) is 12.6. The summed E-state index contributed by atoms with van der Waals surface area (Å²) in [6, 6.07) is 6.47. The molecule has 2 aliphatic rings. The molecule has 192 valence electrons. The van der Waals surface area contributed by atoms with Gasteiger partial charge in [0.15, 0.2) is 0 Å². The zero-order valence-electron chi connectivity index (χ0n) is 21.1. The highest BCUT2D eigenvalue weighted by Gasteiger charge is 2.40. The highest BCUT2D eigenvalue weighted by atomic mass is 16.6. The lowest BCUT2D eigenvalue weighted by atomic mass is 9.81. The van der Waals surface area contributed by atoms with Crippen LogP contribution in [0.3, 0.4) is 0 Å². The van der Waals surface area contributed by atoms with Crippen molar-refractivity contribution in [1.29, 1.82) is 5.26 Å². The molecule has 2 N–H and O–H groups in total. The van der Waals surface area contributed by atoms with Gasteiger partial charge in [0.05, 0.1) is 12.4 Å². The molecular weight excluding hydrogens is 460 g/mol. The fourth-order valence-corrected chi connectivity index (χ4v) is 5.08. The maximum atomic E-state index is 13.5. The summed E-state index contributed by atoms with van der Waals surface area (Å²) in [6.45, 7) is 5.82. The number of alkyl carbamates (subject to hydrolysis) is 1. The van der Waals surface area contributed by atoms with Gasteiger partial charge in [0.2, 0.25) is 5.91 Å². The van der Waals surface area contributed by atoms with Crippen LogP contribution in [0.1, 0.15) is 69.8 Å². The van der Waals surface area contributed by atoms with Gasteiger partial charge < -0.3 is 24.7 Å². The summed E-state index contributed by atoms with van der Waals surface area (Å²) in [6.07, 6.45) is 6.89. The summed E-state index contributed by atoms with van der Waals surface area (Å²) in [7, 11) is 0. The van der Waals surface area contributed by atoms with Gasteiger partial charge in [0.25, 0.3) is 5.91 Å². The number of nitriles is 1. The largest absolute Gasteiger partial charge is 0.444 e. The number of rotatable bonds is 5. The first-order valence-electron chi connectivity index (χ1n) is 12.6.